The Morgan fingerprint density at radius 2 is 1.94 bits per heavy atom. The predicted molar refractivity (Wildman–Crippen MR) is 101 cm³/mol. The largest absolute Gasteiger partial charge is 0.490 e. The van der Waals surface area contributed by atoms with Gasteiger partial charge in [-0.2, -0.15) is 13.2 Å². The van der Waals surface area contributed by atoms with Crippen LogP contribution in [0.1, 0.15) is 24.4 Å². The highest BCUT2D eigenvalue weighted by Gasteiger charge is 2.45. The Morgan fingerprint density at radius 3 is 2.52 bits per heavy atom. The molecule has 3 saturated heterocycles. The molecule has 8 nitrogen and oxygen atoms in total. The van der Waals surface area contributed by atoms with Gasteiger partial charge in [-0.1, -0.05) is 0 Å². The lowest BCUT2D eigenvalue weighted by Crippen LogP contribution is -2.47. The second-order valence-corrected chi connectivity index (χ2v) is 8.06. The standard InChI is InChI=1S/C18H26N2O4.C2HF3O2/c1-13-4-5-15(24-13)9-19-8-14-11-22-12-17(16(14)10-19)18(21)20-6-2-3-7-23-20;3-2(4,5)1(6)7/h4-5,14,16-17H,2-3,6-12H2,1H3;(H,6,7)/t14-,16-,17+;/m1./s1. The molecule has 0 unspecified atom stereocenters. The van der Waals surface area contributed by atoms with E-state index in [-0.39, 0.29) is 11.8 Å². The topological polar surface area (TPSA) is 92.5 Å². The minimum absolute atomic E-state index is 0.0785. The van der Waals surface area contributed by atoms with E-state index in [2.05, 4.69) is 4.90 Å². The average Bonchev–Trinajstić information content (AvgIpc) is 3.33. The number of ether oxygens (including phenoxy) is 1. The molecule has 4 rings (SSSR count). The summed E-state index contributed by atoms with van der Waals surface area (Å²) in [5.74, 6) is -0.00582. The number of amides is 1. The van der Waals surface area contributed by atoms with Crippen molar-refractivity contribution in [1.29, 1.82) is 0 Å². The number of rotatable bonds is 3. The second-order valence-electron chi connectivity index (χ2n) is 8.06. The highest BCUT2D eigenvalue weighted by Crippen LogP contribution is 2.36. The van der Waals surface area contributed by atoms with Crippen molar-refractivity contribution in [2.45, 2.75) is 32.5 Å². The third kappa shape index (κ3) is 6.20. The van der Waals surface area contributed by atoms with Crippen LogP contribution in [0.4, 0.5) is 13.2 Å². The average molecular weight is 448 g/mol. The van der Waals surface area contributed by atoms with Crippen molar-refractivity contribution in [2.75, 3.05) is 39.5 Å². The van der Waals surface area contributed by atoms with Crippen LogP contribution < -0.4 is 0 Å². The molecule has 31 heavy (non-hydrogen) atoms. The van der Waals surface area contributed by atoms with Crippen molar-refractivity contribution >= 4 is 11.9 Å². The number of halogens is 3. The maximum atomic E-state index is 12.8. The maximum Gasteiger partial charge on any atom is 0.490 e. The minimum Gasteiger partial charge on any atom is -0.475 e. The van der Waals surface area contributed by atoms with Gasteiger partial charge in [-0.25, -0.2) is 9.86 Å². The highest BCUT2D eigenvalue weighted by atomic mass is 19.4. The molecule has 3 fully saturated rings. The van der Waals surface area contributed by atoms with E-state index < -0.39 is 12.1 Å². The Morgan fingerprint density at radius 1 is 1.19 bits per heavy atom. The number of hydroxylamine groups is 2. The van der Waals surface area contributed by atoms with Gasteiger partial charge in [0, 0.05) is 19.6 Å². The van der Waals surface area contributed by atoms with Crippen molar-refractivity contribution < 1.29 is 41.9 Å². The number of aliphatic carboxylic acids is 1. The molecule has 3 atom stereocenters. The van der Waals surface area contributed by atoms with Gasteiger partial charge in [-0.3, -0.25) is 14.5 Å². The molecular formula is C20H27F3N2O6. The number of carbonyl (C=O) groups excluding carboxylic acids is 1. The van der Waals surface area contributed by atoms with Crippen molar-refractivity contribution in [3.05, 3.63) is 23.7 Å². The number of aryl methyl sites for hydroxylation is 1. The van der Waals surface area contributed by atoms with Crippen LogP contribution in [-0.4, -0.2) is 72.6 Å². The summed E-state index contributed by atoms with van der Waals surface area (Å²) in [5.41, 5.74) is 0. The number of hydrogen-bond acceptors (Lipinski definition) is 6. The molecular weight excluding hydrogens is 421 g/mol. The molecule has 1 aromatic rings. The second kappa shape index (κ2) is 10.0. The van der Waals surface area contributed by atoms with E-state index in [9.17, 15) is 18.0 Å². The van der Waals surface area contributed by atoms with Gasteiger partial charge in [0.1, 0.15) is 11.5 Å². The SMILES string of the molecule is Cc1ccc(CN2C[C@@H]3COC[C@H](C(=O)N4CCCCO4)[C@@H]3C2)o1.O=C(O)C(F)(F)F. The van der Waals surface area contributed by atoms with Crippen molar-refractivity contribution in [3.8, 4) is 0 Å². The Hall–Kier alpha value is -2.11. The molecule has 1 amide bonds. The lowest BCUT2D eigenvalue weighted by Gasteiger charge is -2.36. The number of fused-ring (bicyclic) bond motifs is 1. The van der Waals surface area contributed by atoms with Gasteiger partial charge in [0.05, 0.1) is 32.3 Å². The fraction of sp³-hybridized carbons (Fsp3) is 0.700. The van der Waals surface area contributed by atoms with Crippen LogP contribution in [0.2, 0.25) is 0 Å². The molecule has 1 aromatic heterocycles. The Bertz CT molecular complexity index is 762. The summed E-state index contributed by atoms with van der Waals surface area (Å²) in [5, 5.41) is 8.71. The first-order valence-electron chi connectivity index (χ1n) is 10.2. The van der Waals surface area contributed by atoms with Crippen LogP contribution in [0.3, 0.4) is 0 Å². The molecule has 11 heteroatoms. The summed E-state index contributed by atoms with van der Waals surface area (Å²) < 4.78 is 43.2. The molecule has 0 radical (unpaired) electrons. The zero-order valence-corrected chi connectivity index (χ0v) is 17.3. The lowest BCUT2D eigenvalue weighted by atomic mass is 9.82. The smallest absolute Gasteiger partial charge is 0.475 e. The van der Waals surface area contributed by atoms with E-state index >= 15 is 0 Å². The number of furan rings is 1. The number of alkyl halides is 3. The summed E-state index contributed by atoms with van der Waals surface area (Å²) >= 11 is 0. The highest BCUT2D eigenvalue weighted by molar-refractivity contribution is 5.78. The molecule has 0 spiro atoms. The number of hydrogen-bond donors (Lipinski definition) is 1. The molecule has 3 aliphatic rings. The predicted octanol–water partition coefficient (Wildman–Crippen LogP) is 2.47. The van der Waals surface area contributed by atoms with Crippen LogP contribution in [0.15, 0.2) is 16.5 Å². The van der Waals surface area contributed by atoms with Crippen LogP contribution in [0.5, 0.6) is 0 Å². The zero-order chi connectivity index (χ0) is 22.6. The molecule has 0 saturated carbocycles. The van der Waals surface area contributed by atoms with Crippen molar-refractivity contribution in [3.63, 3.8) is 0 Å². The fourth-order valence-corrected chi connectivity index (χ4v) is 4.22. The maximum absolute atomic E-state index is 12.8. The molecule has 0 bridgehead atoms. The first-order chi connectivity index (χ1) is 14.6. The van der Waals surface area contributed by atoms with Crippen molar-refractivity contribution in [1.82, 2.24) is 9.96 Å². The minimum atomic E-state index is -5.08. The zero-order valence-electron chi connectivity index (χ0n) is 17.3. The molecule has 4 heterocycles. The number of likely N-dealkylation sites (tertiary alicyclic amines) is 1. The third-order valence-corrected chi connectivity index (χ3v) is 5.70. The van der Waals surface area contributed by atoms with Crippen LogP contribution in [-0.2, 0) is 25.7 Å². The number of carboxylic acids is 1. The van der Waals surface area contributed by atoms with Gasteiger partial charge in [0.25, 0.3) is 5.91 Å². The molecule has 0 aliphatic carbocycles. The molecule has 174 valence electrons. The van der Waals surface area contributed by atoms with Crippen LogP contribution in [0, 0.1) is 24.7 Å². The monoisotopic (exact) mass is 448 g/mol. The number of carbonyl (C=O) groups is 2. The first-order valence-corrected chi connectivity index (χ1v) is 10.2. The van der Waals surface area contributed by atoms with Crippen LogP contribution >= 0.6 is 0 Å². The number of nitrogens with zero attached hydrogens (tertiary/aromatic N) is 2. The fourth-order valence-electron chi connectivity index (χ4n) is 4.22. The Balaban J connectivity index is 0.000000339. The van der Waals surface area contributed by atoms with Crippen molar-refractivity contribution in [2.24, 2.45) is 17.8 Å². The van der Waals surface area contributed by atoms with Gasteiger partial charge in [0.2, 0.25) is 0 Å². The molecule has 3 aliphatic heterocycles. The van der Waals surface area contributed by atoms with Gasteiger partial charge in [0.15, 0.2) is 0 Å². The van der Waals surface area contributed by atoms with E-state index in [0.717, 1.165) is 50.6 Å². The summed E-state index contributed by atoms with van der Waals surface area (Å²) in [6.07, 6.45) is -3.02. The van der Waals surface area contributed by atoms with E-state index in [1.54, 1.807) is 5.06 Å². The summed E-state index contributed by atoms with van der Waals surface area (Å²) in [4.78, 5) is 29.7. The molecule has 0 aromatic carbocycles. The van der Waals surface area contributed by atoms with Gasteiger partial charge in [-0.05, 0) is 43.7 Å². The van der Waals surface area contributed by atoms with E-state index in [1.807, 2.05) is 19.1 Å². The first kappa shape index (κ1) is 23.6. The van der Waals surface area contributed by atoms with Gasteiger partial charge in [-0.15, -0.1) is 0 Å². The summed E-state index contributed by atoms with van der Waals surface area (Å²) in [6.45, 7) is 7.31. The normalized spacial score (nSPS) is 26.7. The summed E-state index contributed by atoms with van der Waals surface area (Å²) in [6, 6.07) is 4.04. The summed E-state index contributed by atoms with van der Waals surface area (Å²) in [7, 11) is 0. The third-order valence-electron chi connectivity index (χ3n) is 5.70. The Kier molecular flexibility index (Phi) is 7.60. The quantitative estimate of drug-likeness (QED) is 0.760. The van der Waals surface area contributed by atoms with Gasteiger partial charge < -0.3 is 14.3 Å². The molecule has 1 N–H and O–H groups in total. The van der Waals surface area contributed by atoms with E-state index in [0.29, 0.717) is 31.6 Å². The van der Waals surface area contributed by atoms with E-state index in [4.69, 9.17) is 23.9 Å². The Labute approximate surface area is 177 Å². The lowest BCUT2D eigenvalue weighted by molar-refractivity contribution is -0.207. The van der Waals surface area contributed by atoms with Gasteiger partial charge >= 0.3 is 12.1 Å². The van der Waals surface area contributed by atoms with E-state index in [1.165, 1.54) is 0 Å². The van der Waals surface area contributed by atoms with Crippen LogP contribution in [0.25, 0.3) is 0 Å². The number of carboxylic acid groups (broad SMARTS) is 1.